The molecule has 1 aromatic rings. The van der Waals surface area contributed by atoms with Crippen molar-refractivity contribution >= 4 is 17.3 Å². The van der Waals surface area contributed by atoms with Crippen LogP contribution in [0.4, 0.5) is 5.69 Å². The van der Waals surface area contributed by atoms with Gasteiger partial charge in [-0.05, 0) is 44.0 Å². The van der Waals surface area contributed by atoms with Crippen molar-refractivity contribution in [1.82, 2.24) is 5.32 Å². The van der Waals surface area contributed by atoms with Gasteiger partial charge in [-0.25, -0.2) is 0 Å². The molecule has 0 radical (unpaired) electrons. The molecular weight excluding hydrogens is 272 g/mol. The molecule has 1 fully saturated rings. The van der Waals surface area contributed by atoms with Gasteiger partial charge in [-0.1, -0.05) is 24.6 Å². The number of piperidine rings is 1. The molecule has 1 unspecified atom stereocenters. The van der Waals surface area contributed by atoms with E-state index in [0.717, 1.165) is 44.0 Å². The minimum Gasteiger partial charge on any atom is -0.377 e. The minimum absolute atomic E-state index is 0.0595. The van der Waals surface area contributed by atoms with Crippen LogP contribution in [0, 0.1) is 0 Å². The zero-order valence-corrected chi connectivity index (χ0v) is 13.5. The van der Waals surface area contributed by atoms with Gasteiger partial charge in [0.2, 0.25) is 0 Å². The van der Waals surface area contributed by atoms with Crippen molar-refractivity contribution in [2.24, 2.45) is 0 Å². The maximum Gasteiger partial charge on any atom is 0.0825 e. The average molecular weight is 297 g/mol. The van der Waals surface area contributed by atoms with Gasteiger partial charge < -0.3 is 15.0 Å². The smallest absolute Gasteiger partial charge is 0.0825 e. The summed E-state index contributed by atoms with van der Waals surface area (Å²) in [6.45, 7) is 8.15. The molecule has 1 aliphatic rings. The molecule has 4 heteroatoms. The third-order valence-corrected chi connectivity index (χ3v) is 4.34. The number of benzene rings is 1. The number of ether oxygens (including phenoxy) is 1. The van der Waals surface area contributed by atoms with E-state index in [2.05, 4.69) is 36.2 Å². The molecule has 0 bridgehead atoms. The highest BCUT2D eigenvalue weighted by Crippen LogP contribution is 2.31. The van der Waals surface area contributed by atoms with Crippen molar-refractivity contribution in [3.05, 3.63) is 28.8 Å². The van der Waals surface area contributed by atoms with Crippen LogP contribution in [0.2, 0.25) is 5.02 Å². The third kappa shape index (κ3) is 3.66. The topological polar surface area (TPSA) is 24.5 Å². The standard InChI is InChI=1S/C16H25ClN2O/c1-4-18-11-13-6-7-14(17)10-15(13)19-9-5-8-16(2,12-19)20-3/h6-7,10,18H,4-5,8-9,11-12H2,1-3H3. The number of hydrogen-bond acceptors (Lipinski definition) is 3. The Morgan fingerprint density at radius 2 is 2.25 bits per heavy atom. The van der Waals surface area contributed by atoms with Crippen molar-refractivity contribution in [1.29, 1.82) is 0 Å². The lowest BCUT2D eigenvalue weighted by Crippen LogP contribution is -2.47. The second kappa shape index (κ2) is 6.79. The van der Waals surface area contributed by atoms with Gasteiger partial charge in [0, 0.05) is 37.5 Å². The van der Waals surface area contributed by atoms with Crippen LogP contribution in [-0.2, 0) is 11.3 Å². The molecule has 1 N–H and O–H groups in total. The SMILES string of the molecule is CCNCc1ccc(Cl)cc1N1CCCC(C)(OC)C1. The largest absolute Gasteiger partial charge is 0.377 e. The summed E-state index contributed by atoms with van der Waals surface area (Å²) in [4.78, 5) is 2.41. The fraction of sp³-hybridized carbons (Fsp3) is 0.625. The van der Waals surface area contributed by atoms with E-state index < -0.39 is 0 Å². The van der Waals surface area contributed by atoms with Crippen LogP contribution >= 0.6 is 11.6 Å². The number of nitrogens with zero attached hydrogens (tertiary/aromatic N) is 1. The molecular formula is C16H25ClN2O. The molecule has 1 heterocycles. The van der Waals surface area contributed by atoms with Crippen LogP contribution in [0.3, 0.4) is 0 Å². The molecule has 0 aliphatic carbocycles. The maximum atomic E-state index is 6.20. The third-order valence-electron chi connectivity index (χ3n) is 4.11. The van der Waals surface area contributed by atoms with Gasteiger partial charge in [0.1, 0.15) is 0 Å². The summed E-state index contributed by atoms with van der Waals surface area (Å²) in [6, 6.07) is 6.17. The van der Waals surface area contributed by atoms with Crippen molar-refractivity contribution in [3.63, 3.8) is 0 Å². The molecule has 0 spiro atoms. The molecule has 1 saturated heterocycles. The predicted molar refractivity (Wildman–Crippen MR) is 85.7 cm³/mol. The van der Waals surface area contributed by atoms with Crippen LogP contribution in [0.5, 0.6) is 0 Å². The van der Waals surface area contributed by atoms with Gasteiger partial charge in [-0.15, -0.1) is 0 Å². The second-order valence-corrected chi connectivity index (χ2v) is 6.17. The second-order valence-electron chi connectivity index (χ2n) is 5.73. The van der Waals surface area contributed by atoms with Crippen LogP contribution in [0.25, 0.3) is 0 Å². The van der Waals surface area contributed by atoms with Gasteiger partial charge in [0.15, 0.2) is 0 Å². The van der Waals surface area contributed by atoms with Crippen LogP contribution < -0.4 is 10.2 Å². The first-order valence-electron chi connectivity index (χ1n) is 7.37. The molecule has 1 aliphatic heterocycles. The van der Waals surface area contributed by atoms with Crippen molar-refractivity contribution in [2.45, 2.75) is 38.8 Å². The number of anilines is 1. The summed E-state index contributed by atoms with van der Waals surface area (Å²) in [6.07, 6.45) is 2.26. The van der Waals surface area contributed by atoms with E-state index >= 15 is 0 Å². The summed E-state index contributed by atoms with van der Waals surface area (Å²) in [5, 5.41) is 4.19. The molecule has 2 rings (SSSR count). The van der Waals surface area contributed by atoms with E-state index in [4.69, 9.17) is 16.3 Å². The highest BCUT2D eigenvalue weighted by atomic mass is 35.5. The van der Waals surface area contributed by atoms with Gasteiger partial charge in [-0.3, -0.25) is 0 Å². The Hall–Kier alpha value is -0.770. The molecule has 1 atom stereocenters. The molecule has 112 valence electrons. The van der Waals surface area contributed by atoms with Crippen molar-refractivity contribution in [2.75, 3.05) is 31.6 Å². The van der Waals surface area contributed by atoms with Crippen molar-refractivity contribution < 1.29 is 4.74 Å². The Morgan fingerprint density at radius 1 is 1.45 bits per heavy atom. The monoisotopic (exact) mass is 296 g/mol. The molecule has 0 amide bonds. The molecule has 0 saturated carbocycles. The lowest BCUT2D eigenvalue weighted by atomic mass is 9.94. The number of rotatable bonds is 5. The van der Waals surface area contributed by atoms with E-state index in [-0.39, 0.29) is 5.60 Å². The minimum atomic E-state index is -0.0595. The Morgan fingerprint density at radius 3 is 2.95 bits per heavy atom. The van der Waals surface area contributed by atoms with Gasteiger partial charge in [0.05, 0.1) is 5.60 Å². The number of hydrogen-bond donors (Lipinski definition) is 1. The average Bonchev–Trinajstić information content (AvgIpc) is 2.46. The summed E-state index contributed by atoms with van der Waals surface area (Å²) >= 11 is 6.20. The van der Waals surface area contributed by atoms with Crippen LogP contribution in [-0.4, -0.2) is 32.3 Å². The molecule has 1 aromatic carbocycles. The van der Waals surface area contributed by atoms with Crippen LogP contribution in [0.1, 0.15) is 32.3 Å². The lowest BCUT2D eigenvalue weighted by Gasteiger charge is -2.41. The maximum absolute atomic E-state index is 6.20. The van der Waals surface area contributed by atoms with E-state index in [9.17, 15) is 0 Å². The zero-order chi connectivity index (χ0) is 14.6. The normalized spacial score (nSPS) is 23.1. The summed E-state index contributed by atoms with van der Waals surface area (Å²) in [5.74, 6) is 0. The van der Waals surface area contributed by atoms with Crippen molar-refractivity contribution in [3.8, 4) is 0 Å². The Labute approximate surface area is 127 Å². The lowest BCUT2D eigenvalue weighted by molar-refractivity contribution is -0.00468. The van der Waals surface area contributed by atoms with Crippen LogP contribution in [0.15, 0.2) is 18.2 Å². The quantitative estimate of drug-likeness (QED) is 0.900. The summed E-state index contributed by atoms with van der Waals surface area (Å²) in [5.41, 5.74) is 2.48. The van der Waals surface area contributed by atoms with E-state index in [1.165, 1.54) is 11.3 Å². The first kappa shape index (κ1) is 15.6. The van der Waals surface area contributed by atoms with E-state index in [0.29, 0.717) is 0 Å². The first-order chi connectivity index (χ1) is 9.58. The predicted octanol–water partition coefficient (Wildman–Crippen LogP) is 3.45. The van der Waals surface area contributed by atoms with Gasteiger partial charge >= 0.3 is 0 Å². The van der Waals surface area contributed by atoms with E-state index in [1.54, 1.807) is 7.11 Å². The molecule has 20 heavy (non-hydrogen) atoms. The summed E-state index contributed by atoms with van der Waals surface area (Å²) in [7, 11) is 1.81. The first-order valence-corrected chi connectivity index (χ1v) is 7.75. The summed E-state index contributed by atoms with van der Waals surface area (Å²) < 4.78 is 5.69. The highest BCUT2D eigenvalue weighted by molar-refractivity contribution is 6.30. The molecule has 3 nitrogen and oxygen atoms in total. The fourth-order valence-corrected chi connectivity index (χ4v) is 2.98. The molecule has 0 aromatic heterocycles. The number of methoxy groups -OCH3 is 1. The Bertz CT molecular complexity index is 452. The Balaban J connectivity index is 2.23. The highest BCUT2D eigenvalue weighted by Gasteiger charge is 2.31. The van der Waals surface area contributed by atoms with Gasteiger partial charge in [0.25, 0.3) is 0 Å². The number of halogens is 1. The zero-order valence-electron chi connectivity index (χ0n) is 12.7. The Kier molecular flexibility index (Phi) is 5.30. The van der Waals surface area contributed by atoms with Gasteiger partial charge in [-0.2, -0.15) is 0 Å². The van der Waals surface area contributed by atoms with E-state index in [1.807, 2.05) is 6.07 Å². The number of nitrogens with one attached hydrogen (secondary N) is 1. The fourth-order valence-electron chi connectivity index (χ4n) is 2.82.